The number of sulfonamides is 1. The second kappa shape index (κ2) is 8.87. The van der Waals surface area contributed by atoms with Crippen molar-refractivity contribution in [3.05, 3.63) is 95.0 Å². The van der Waals surface area contributed by atoms with Gasteiger partial charge < -0.3 is 0 Å². The number of carbonyl (C=O) groups is 1. The van der Waals surface area contributed by atoms with E-state index in [2.05, 4.69) is 29.8 Å². The quantitative estimate of drug-likeness (QED) is 0.274. The van der Waals surface area contributed by atoms with Gasteiger partial charge in [-0.25, -0.2) is 17.4 Å². The first kappa shape index (κ1) is 26.6. The van der Waals surface area contributed by atoms with Crippen LogP contribution in [0, 0.1) is 16.7 Å². The number of carbonyl (C=O) groups excluding carboxylic acids is 1. The minimum Gasteiger partial charge on any atom is -0.296 e. The zero-order valence-electron chi connectivity index (χ0n) is 22.5. The molecule has 1 spiro atoms. The predicted octanol–water partition coefficient (Wildman–Crippen LogP) is 5.47. The van der Waals surface area contributed by atoms with Gasteiger partial charge in [-0.05, 0) is 72.6 Å². The smallest absolute Gasteiger partial charge is 0.256 e. The molecule has 6 atom stereocenters. The van der Waals surface area contributed by atoms with Gasteiger partial charge in [0.2, 0.25) is 17.3 Å². The van der Waals surface area contributed by atoms with Crippen molar-refractivity contribution in [1.82, 2.24) is 8.98 Å². The fraction of sp³-hybridized carbons (Fsp3) is 0.387. The lowest BCUT2D eigenvalue weighted by molar-refractivity contribution is -0.129. The number of halogens is 1. The van der Waals surface area contributed by atoms with E-state index in [4.69, 9.17) is 0 Å². The summed E-state index contributed by atoms with van der Waals surface area (Å²) in [6, 6.07) is 24.5. The molecule has 4 fully saturated rings. The first-order valence-corrected chi connectivity index (χ1v) is 17.9. The summed E-state index contributed by atoms with van der Waals surface area (Å²) in [5.74, 6) is -0.0178. The molecule has 40 heavy (non-hydrogen) atoms. The molecule has 0 aromatic heterocycles. The zero-order valence-corrected chi connectivity index (χ0v) is 25.8. The van der Waals surface area contributed by atoms with Crippen LogP contribution in [0.25, 0.3) is 0 Å². The van der Waals surface area contributed by atoms with Crippen LogP contribution in [-0.4, -0.2) is 41.1 Å². The van der Waals surface area contributed by atoms with Crippen LogP contribution >= 0.6 is 23.2 Å². The van der Waals surface area contributed by atoms with Crippen molar-refractivity contribution in [3.8, 4) is 0 Å². The summed E-state index contributed by atoms with van der Waals surface area (Å²) in [6.07, 6.45) is 2.55. The van der Waals surface area contributed by atoms with Gasteiger partial charge in [0.25, 0.3) is 5.91 Å². The number of hydrogen-bond acceptors (Lipinski definition) is 4. The first-order chi connectivity index (χ1) is 19.0. The van der Waals surface area contributed by atoms with Crippen LogP contribution in [0.4, 0.5) is 0 Å². The lowest BCUT2D eigenvalue weighted by Gasteiger charge is -2.37. The standard InChI is InChI=1S/C31H32BrN2O4PS/c1-30(2)22-17-18-31(30)20-40(37,38)34(26(31)19-22)29(35)28-27(21-13-15-23(32)16-14-21)33(28)39(36,24-9-5-3-6-10-24)25-11-7-4-8-12-25/h3-16,22,26-28H,17-20H2,1-2H3/t22-,26-,27-,28-,31-,33?/m0/s1. The summed E-state index contributed by atoms with van der Waals surface area (Å²) in [6.45, 7) is 4.36. The molecule has 1 unspecified atom stereocenters. The van der Waals surface area contributed by atoms with E-state index in [1.807, 2.05) is 84.9 Å². The van der Waals surface area contributed by atoms with Gasteiger partial charge in [0, 0.05) is 20.5 Å². The van der Waals surface area contributed by atoms with Gasteiger partial charge >= 0.3 is 0 Å². The summed E-state index contributed by atoms with van der Waals surface area (Å²) in [5.41, 5.74) is 0.284. The average molecular weight is 640 g/mol. The molecule has 3 aromatic rings. The predicted molar refractivity (Wildman–Crippen MR) is 160 cm³/mol. The molecule has 6 nitrogen and oxygen atoms in total. The Morgan fingerprint density at radius 1 is 0.925 bits per heavy atom. The van der Waals surface area contributed by atoms with E-state index in [1.54, 1.807) is 4.67 Å². The summed E-state index contributed by atoms with van der Waals surface area (Å²) < 4.78 is 46.9. The van der Waals surface area contributed by atoms with E-state index in [0.717, 1.165) is 22.9 Å². The highest BCUT2D eigenvalue weighted by atomic mass is 79.9. The maximum atomic E-state index is 15.4. The highest BCUT2D eigenvalue weighted by molar-refractivity contribution is 9.10. The van der Waals surface area contributed by atoms with Crippen molar-refractivity contribution in [1.29, 1.82) is 0 Å². The molecule has 208 valence electrons. The highest BCUT2D eigenvalue weighted by Gasteiger charge is 2.74. The highest BCUT2D eigenvalue weighted by Crippen LogP contribution is 2.71. The van der Waals surface area contributed by atoms with Crippen molar-refractivity contribution < 1.29 is 17.8 Å². The van der Waals surface area contributed by atoms with Gasteiger partial charge in [0.15, 0.2) is 0 Å². The third-order valence-electron chi connectivity index (χ3n) is 10.4. The van der Waals surface area contributed by atoms with Crippen molar-refractivity contribution in [2.24, 2.45) is 16.7 Å². The second-order valence-electron chi connectivity index (χ2n) is 12.3. The Hall–Kier alpha value is -2.25. The van der Waals surface area contributed by atoms with Crippen LogP contribution in [0.5, 0.6) is 0 Å². The SMILES string of the molecule is CC1(C)[C@H]2CC[C@@]13CS(=O)(=O)N(C(=O)[C@@H]1[C@H](c4ccc(Br)cc4)N1P(=O)(c1ccccc1)c1ccccc1)[C@H]3C2. The largest absolute Gasteiger partial charge is 0.296 e. The molecule has 2 bridgehead atoms. The van der Waals surface area contributed by atoms with E-state index >= 15 is 4.57 Å². The van der Waals surface area contributed by atoms with E-state index in [-0.39, 0.29) is 17.2 Å². The van der Waals surface area contributed by atoms with Crippen LogP contribution in [0.1, 0.15) is 44.7 Å². The first-order valence-electron chi connectivity index (χ1n) is 13.8. The van der Waals surface area contributed by atoms with E-state index < -0.39 is 40.7 Å². The van der Waals surface area contributed by atoms with Gasteiger partial charge in [-0.1, -0.05) is 78.3 Å². The van der Waals surface area contributed by atoms with E-state index in [9.17, 15) is 13.2 Å². The Kier molecular flexibility index (Phi) is 5.91. The molecule has 1 amide bonds. The van der Waals surface area contributed by atoms with Crippen molar-refractivity contribution in [2.45, 2.75) is 51.2 Å². The molecule has 2 aliphatic heterocycles. The van der Waals surface area contributed by atoms with Crippen LogP contribution in [-0.2, 0) is 19.4 Å². The number of hydrogen-bond donors (Lipinski definition) is 0. The Labute approximate surface area is 244 Å². The molecule has 2 heterocycles. The van der Waals surface area contributed by atoms with E-state index in [0.29, 0.717) is 22.9 Å². The number of amides is 1. The summed E-state index contributed by atoms with van der Waals surface area (Å²) in [5, 5.41) is 1.25. The summed E-state index contributed by atoms with van der Waals surface area (Å²) in [4.78, 5) is 14.6. The molecule has 7 rings (SSSR count). The number of fused-ring (bicyclic) bond motifs is 1. The van der Waals surface area contributed by atoms with Crippen molar-refractivity contribution in [3.63, 3.8) is 0 Å². The molecular weight excluding hydrogens is 607 g/mol. The van der Waals surface area contributed by atoms with Gasteiger partial charge in [0.05, 0.1) is 17.8 Å². The zero-order chi connectivity index (χ0) is 28.1. The van der Waals surface area contributed by atoms with Crippen LogP contribution in [0.3, 0.4) is 0 Å². The summed E-state index contributed by atoms with van der Waals surface area (Å²) in [7, 11) is -7.32. The molecule has 3 aromatic carbocycles. The molecule has 2 saturated carbocycles. The minimum atomic E-state index is -3.82. The lowest BCUT2D eigenvalue weighted by Crippen LogP contribution is -2.46. The lowest BCUT2D eigenvalue weighted by atomic mass is 9.69. The molecule has 9 heteroatoms. The maximum absolute atomic E-state index is 15.4. The van der Waals surface area contributed by atoms with Crippen LogP contribution in [0.2, 0.25) is 0 Å². The minimum absolute atomic E-state index is 0.0185. The average Bonchev–Trinajstić information content (AvgIpc) is 3.52. The third kappa shape index (κ3) is 3.52. The normalized spacial score (nSPS) is 33.1. The van der Waals surface area contributed by atoms with Crippen molar-refractivity contribution in [2.75, 3.05) is 5.75 Å². The van der Waals surface area contributed by atoms with Crippen molar-refractivity contribution >= 4 is 49.8 Å². The van der Waals surface area contributed by atoms with Gasteiger partial charge in [-0.2, -0.15) is 0 Å². The maximum Gasteiger partial charge on any atom is 0.256 e. The van der Waals surface area contributed by atoms with Gasteiger partial charge in [-0.3, -0.25) is 9.36 Å². The monoisotopic (exact) mass is 638 g/mol. The second-order valence-corrected chi connectivity index (χ2v) is 17.7. The van der Waals surface area contributed by atoms with E-state index in [1.165, 1.54) is 4.31 Å². The third-order valence-corrected chi connectivity index (χ3v) is 16.0. The molecule has 4 aliphatic rings. The number of benzene rings is 3. The Bertz CT molecular complexity index is 1600. The molecule has 2 aliphatic carbocycles. The topological polar surface area (TPSA) is 74.5 Å². The Morgan fingerprint density at radius 2 is 1.50 bits per heavy atom. The fourth-order valence-electron chi connectivity index (χ4n) is 8.20. The number of rotatable bonds is 5. The molecule has 0 N–H and O–H groups in total. The van der Waals surface area contributed by atoms with Gasteiger partial charge in [0.1, 0.15) is 6.04 Å². The summed E-state index contributed by atoms with van der Waals surface area (Å²) >= 11 is 3.49. The van der Waals surface area contributed by atoms with Crippen LogP contribution < -0.4 is 10.6 Å². The molecule has 2 saturated heterocycles. The Balaban J connectivity index is 1.36. The van der Waals surface area contributed by atoms with Gasteiger partial charge in [-0.15, -0.1) is 0 Å². The fourth-order valence-corrected chi connectivity index (χ4v) is 14.1. The molecular formula is C31H32BrN2O4PS. The number of nitrogens with zero attached hydrogens (tertiary/aromatic N) is 2. The molecule has 0 radical (unpaired) electrons. The Morgan fingerprint density at radius 3 is 2.05 bits per heavy atom. The van der Waals surface area contributed by atoms with Crippen LogP contribution in [0.15, 0.2) is 89.4 Å².